The molecular weight excluding hydrogens is 386 g/mol. The molecule has 152 valence electrons. The SMILES string of the molecule is CC(C)Cn1nc(C(=O)Nc2cccc(-c3noc(=O)[nH]3)c2)c2ccccc2c1=O. The van der Waals surface area contributed by atoms with Gasteiger partial charge in [0.1, 0.15) is 0 Å². The quantitative estimate of drug-likeness (QED) is 0.526. The summed E-state index contributed by atoms with van der Waals surface area (Å²) in [5.41, 5.74) is 0.981. The van der Waals surface area contributed by atoms with Crippen LogP contribution in [0.2, 0.25) is 0 Å². The molecule has 4 aromatic rings. The smallest absolute Gasteiger partial charge is 0.321 e. The number of rotatable bonds is 5. The lowest BCUT2D eigenvalue weighted by molar-refractivity contribution is 0.102. The fourth-order valence-corrected chi connectivity index (χ4v) is 3.16. The van der Waals surface area contributed by atoms with Gasteiger partial charge in [0.2, 0.25) is 0 Å². The zero-order valence-corrected chi connectivity index (χ0v) is 16.4. The summed E-state index contributed by atoms with van der Waals surface area (Å²) in [6, 6.07) is 13.7. The van der Waals surface area contributed by atoms with Gasteiger partial charge in [0, 0.05) is 23.2 Å². The molecule has 0 fully saturated rings. The number of hydrogen-bond donors (Lipinski definition) is 2. The third-order valence-electron chi connectivity index (χ3n) is 4.46. The summed E-state index contributed by atoms with van der Waals surface area (Å²) in [5.74, 6) is -0.671. The zero-order chi connectivity index (χ0) is 21.3. The largest absolute Gasteiger partial charge is 0.439 e. The van der Waals surface area contributed by atoms with Gasteiger partial charge in [-0.2, -0.15) is 5.10 Å². The molecule has 9 nitrogen and oxygen atoms in total. The Morgan fingerprint density at radius 2 is 1.90 bits per heavy atom. The summed E-state index contributed by atoms with van der Waals surface area (Å²) < 4.78 is 5.85. The Morgan fingerprint density at radius 1 is 1.13 bits per heavy atom. The summed E-state index contributed by atoms with van der Waals surface area (Å²) in [7, 11) is 0. The van der Waals surface area contributed by atoms with Crippen molar-refractivity contribution in [3.8, 4) is 11.4 Å². The van der Waals surface area contributed by atoms with E-state index in [2.05, 4.69) is 25.1 Å². The minimum Gasteiger partial charge on any atom is -0.321 e. The van der Waals surface area contributed by atoms with Gasteiger partial charge in [-0.15, -0.1) is 0 Å². The summed E-state index contributed by atoms with van der Waals surface area (Å²) in [5, 5.41) is 11.7. The van der Waals surface area contributed by atoms with E-state index < -0.39 is 11.7 Å². The molecule has 0 radical (unpaired) electrons. The Kier molecular flexibility index (Phi) is 5.01. The number of H-pyrrole nitrogens is 1. The van der Waals surface area contributed by atoms with Crippen molar-refractivity contribution in [2.75, 3.05) is 5.32 Å². The highest BCUT2D eigenvalue weighted by Crippen LogP contribution is 2.20. The summed E-state index contributed by atoms with van der Waals surface area (Å²) in [6.07, 6.45) is 0. The van der Waals surface area contributed by atoms with Gasteiger partial charge >= 0.3 is 5.76 Å². The monoisotopic (exact) mass is 405 g/mol. The van der Waals surface area contributed by atoms with Crippen LogP contribution in [0.5, 0.6) is 0 Å². The van der Waals surface area contributed by atoms with E-state index in [1.165, 1.54) is 4.68 Å². The van der Waals surface area contributed by atoms with E-state index in [1.54, 1.807) is 48.5 Å². The van der Waals surface area contributed by atoms with Crippen LogP contribution >= 0.6 is 0 Å². The van der Waals surface area contributed by atoms with Gasteiger partial charge in [0.15, 0.2) is 11.5 Å². The first-order valence-corrected chi connectivity index (χ1v) is 9.40. The standard InChI is InChI=1S/C21H19N5O4/c1-12(2)11-26-20(28)16-9-4-3-8-15(16)17(24-26)19(27)22-14-7-5-6-13(10-14)18-23-21(29)30-25-18/h3-10,12H,11H2,1-2H3,(H,22,27)(H,23,25,29). The maximum atomic E-state index is 13.0. The molecule has 0 atom stereocenters. The lowest BCUT2D eigenvalue weighted by Gasteiger charge is -2.13. The number of nitrogens with one attached hydrogen (secondary N) is 2. The topological polar surface area (TPSA) is 123 Å². The average Bonchev–Trinajstić information content (AvgIpc) is 3.16. The lowest BCUT2D eigenvalue weighted by atomic mass is 10.1. The first-order valence-electron chi connectivity index (χ1n) is 9.40. The fraction of sp³-hybridized carbons (Fsp3) is 0.190. The molecule has 0 unspecified atom stereocenters. The summed E-state index contributed by atoms with van der Waals surface area (Å²) in [6.45, 7) is 4.35. The highest BCUT2D eigenvalue weighted by atomic mass is 16.5. The minimum atomic E-state index is -0.664. The number of hydrogen-bond acceptors (Lipinski definition) is 6. The molecule has 9 heteroatoms. The van der Waals surface area contributed by atoms with Gasteiger partial charge < -0.3 is 5.32 Å². The second-order valence-electron chi connectivity index (χ2n) is 7.25. The molecule has 0 aliphatic rings. The average molecular weight is 405 g/mol. The summed E-state index contributed by atoms with van der Waals surface area (Å²) >= 11 is 0. The third-order valence-corrected chi connectivity index (χ3v) is 4.46. The number of amides is 1. The van der Waals surface area contributed by atoms with E-state index in [1.807, 2.05) is 13.8 Å². The number of fused-ring (bicyclic) bond motifs is 1. The molecule has 0 aliphatic heterocycles. The van der Waals surface area contributed by atoms with Gasteiger partial charge in [-0.1, -0.05) is 49.3 Å². The highest BCUT2D eigenvalue weighted by Gasteiger charge is 2.17. The van der Waals surface area contributed by atoms with Crippen molar-refractivity contribution in [2.24, 2.45) is 5.92 Å². The van der Waals surface area contributed by atoms with Gasteiger partial charge in [-0.25, -0.2) is 9.48 Å². The van der Waals surface area contributed by atoms with E-state index >= 15 is 0 Å². The van der Waals surface area contributed by atoms with Crippen molar-refractivity contribution in [1.29, 1.82) is 0 Å². The predicted octanol–water partition coefficient (Wildman–Crippen LogP) is 2.65. The molecule has 2 aromatic heterocycles. The second-order valence-corrected chi connectivity index (χ2v) is 7.25. The van der Waals surface area contributed by atoms with Crippen molar-refractivity contribution in [1.82, 2.24) is 19.9 Å². The highest BCUT2D eigenvalue weighted by molar-refractivity contribution is 6.11. The molecule has 2 N–H and O–H groups in total. The van der Waals surface area contributed by atoms with Crippen LogP contribution in [0.3, 0.4) is 0 Å². The Hall–Kier alpha value is -4.01. The molecule has 0 bridgehead atoms. The van der Waals surface area contributed by atoms with Crippen molar-refractivity contribution in [2.45, 2.75) is 20.4 Å². The molecule has 30 heavy (non-hydrogen) atoms. The van der Waals surface area contributed by atoms with Crippen molar-refractivity contribution in [3.63, 3.8) is 0 Å². The van der Waals surface area contributed by atoms with Crippen LogP contribution in [0.4, 0.5) is 5.69 Å². The summed E-state index contributed by atoms with van der Waals surface area (Å²) in [4.78, 5) is 39.4. The molecule has 2 aromatic carbocycles. The molecule has 0 spiro atoms. The molecule has 2 heterocycles. The third kappa shape index (κ3) is 3.77. The van der Waals surface area contributed by atoms with Crippen LogP contribution < -0.4 is 16.6 Å². The van der Waals surface area contributed by atoms with Crippen LogP contribution in [0, 0.1) is 5.92 Å². The van der Waals surface area contributed by atoms with E-state index in [9.17, 15) is 14.4 Å². The van der Waals surface area contributed by atoms with E-state index in [0.717, 1.165) is 0 Å². The van der Waals surface area contributed by atoms with Crippen molar-refractivity contribution in [3.05, 3.63) is 75.1 Å². The maximum Gasteiger partial charge on any atom is 0.439 e. The van der Waals surface area contributed by atoms with Crippen molar-refractivity contribution < 1.29 is 9.32 Å². The molecule has 0 aliphatic carbocycles. The molecule has 4 rings (SSSR count). The molecule has 1 amide bonds. The molecule has 0 saturated heterocycles. The number of carbonyl (C=O) groups is 1. The van der Waals surface area contributed by atoms with Crippen LogP contribution in [0.25, 0.3) is 22.2 Å². The number of carbonyl (C=O) groups excluding carboxylic acids is 1. The van der Waals surface area contributed by atoms with Gasteiger partial charge in [0.25, 0.3) is 11.5 Å². The lowest BCUT2D eigenvalue weighted by Crippen LogP contribution is -2.29. The van der Waals surface area contributed by atoms with Crippen molar-refractivity contribution >= 4 is 22.4 Å². The Labute approximate surface area is 170 Å². The van der Waals surface area contributed by atoms with Gasteiger partial charge in [-0.3, -0.25) is 19.1 Å². The number of nitrogens with zero attached hydrogens (tertiary/aromatic N) is 3. The van der Waals surface area contributed by atoms with E-state index in [4.69, 9.17) is 0 Å². The molecule has 0 saturated carbocycles. The number of aromatic amines is 1. The Morgan fingerprint density at radius 3 is 2.60 bits per heavy atom. The first-order chi connectivity index (χ1) is 14.4. The minimum absolute atomic E-state index is 0.158. The Balaban J connectivity index is 1.72. The normalized spacial score (nSPS) is 11.2. The van der Waals surface area contributed by atoms with Crippen LogP contribution in [0.1, 0.15) is 24.3 Å². The van der Waals surface area contributed by atoms with E-state index in [0.29, 0.717) is 28.6 Å². The van der Waals surface area contributed by atoms with Gasteiger partial charge in [0.05, 0.1) is 5.39 Å². The first kappa shape index (κ1) is 19.3. The van der Waals surface area contributed by atoms with E-state index in [-0.39, 0.29) is 23.0 Å². The van der Waals surface area contributed by atoms with Crippen LogP contribution in [0.15, 0.2) is 62.6 Å². The number of aromatic nitrogens is 4. The zero-order valence-electron chi connectivity index (χ0n) is 16.4. The van der Waals surface area contributed by atoms with Crippen LogP contribution in [-0.2, 0) is 6.54 Å². The van der Waals surface area contributed by atoms with Gasteiger partial charge in [-0.05, 0) is 24.1 Å². The number of anilines is 1. The second kappa shape index (κ2) is 7.78. The molecular formula is C21H19N5O4. The fourth-order valence-electron chi connectivity index (χ4n) is 3.16. The Bertz CT molecular complexity index is 1350. The van der Waals surface area contributed by atoms with Crippen LogP contribution in [-0.4, -0.2) is 25.8 Å². The number of benzene rings is 2. The predicted molar refractivity (Wildman–Crippen MR) is 111 cm³/mol. The maximum absolute atomic E-state index is 13.0.